The number of phenolic OH excluding ortho intramolecular Hbond substituents is 1. The first-order valence-corrected chi connectivity index (χ1v) is 12.8. The highest BCUT2D eigenvalue weighted by Gasteiger charge is 2.30. The zero-order chi connectivity index (χ0) is 24.1. The predicted molar refractivity (Wildman–Crippen MR) is 133 cm³/mol. The summed E-state index contributed by atoms with van der Waals surface area (Å²) in [7, 11) is 0. The molecule has 1 aromatic heterocycles. The van der Waals surface area contributed by atoms with E-state index in [2.05, 4.69) is 12.1 Å². The van der Waals surface area contributed by atoms with Crippen molar-refractivity contribution in [3.8, 4) is 17.1 Å². The quantitative estimate of drug-likeness (QED) is 0.245. The summed E-state index contributed by atoms with van der Waals surface area (Å²) in [6.07, 6.45) is -4.37. The number of hydrogen-bond donors (Lipinski definition) is 1. The Hall–Kier alpha value is -2.77. The van der Waals surface area contributed by atoms with E-state index in [0.29, 0.717) is 22.8 Å². The Bertz CT molecular complexity index is 1230. The minimum absolute atomic E-state index is 0.259. The van der Waals surface area contributed by atoms with Gasteiger partial charge in [0.1, 0.15) is 17.3 Å². The number of thioether (sulfide) groups is 2. The van der Waals surface area contributed by atoms with Crippen molar-refractivity contribution in [3.63, 3.8) is 0 Å². The standard InChI is InChI=1S/C27H23F3O2S2/c1-18-13-23(11-12-24(18)31)34-16-21-14-25(20-7-9-22(10-8-20)27(28,29)30)32-26(21)17-33-15-19-5-3-2-4-6-19/h2-14,31H,15-17H2,1H3. The lowest BCUT2D eigenvalue weighted by Crippen LogP contribution is -2.03. The molecule has 0 unspecified atom stereocenters. The fraction of sp³-hybridized carbons (Fsp3) is 0.185. The van der Waals surface area contributed by atoms with Gasteiger partial charge in [-0.05, 0) is 54.4 Å². The van der Waals surface area contributed by atoms with Gasteiger partial charge in [-0.25, -0.2) is 0 Å². The van der Waals surface area contributed by atoms with Crippen LogP contribution in [0.5, 0.6) is 5.75 Å². The average Bonchev–Trinajstić information content (AvgIpc) is 3.23. The van der Waals surface area contributed by atoms with Crippen molar-refractivity contribution in [2.24, 2.45) is 0 Å². The van der Waals surface area contributed by atoms with Crippen LogP contribution < -0.4 is 0 Å². The molecule has 0 aliphatic heterocycles. The highest BCUT2D eigenvalue weighted by molar-refractivity contribution is 7.98. The summed E-state index contributed by atoms with van der Waals surface area (Å²) < 4.78 is 45.0. The summed E-state index contributed by atoms with van der Waals surface area (Å²) in [6, 6.07) is 22.6. The number of halogens is 3. The lowest BCUT2D eigenvalue weighted by Gasteiger charge is -2.06. The summed E-state index contributed by atoms with van der Waals surface area (Å²) in [5.74, 6) is 3.77. The van der Waals surface area contributed by atoms with Gasteiger partial charge in [-0.2, -0.15) is 13.2 Å². The van der Waals surface area contributed by atoms with Gasteiger partial charge in [-0.15, -0.1) is 23.5 Å². The smallest absolute Gasteiger partial charge is 0.416 e. The molecule has 0 amide bonds. The number of furan rings is 1. The number of benzene rings is 3. The van der Waals surface area contributed by atoms with Gasteiger partial charge in [0.2, 0.25) is 0 Å². The molecule has 0 saturated carbocycles. The zero-order valence-electron chi connectivity index (χ0n) is 18.4. The Balaban J connectivity index is 1.54. The number of hydrogen-bond acceptors (Lipinski definition) is 4. The molecule has 0 aliphatic carbocycles. The molecule has 1 N–H and O–H groups in total. The van der Waals surface area contributed by atoms with Crippen LogP contribution in [-0.2, 0) is 23.4 Å². The van der Waals surface area contributed by atoms with Crippen molar-refractivity contribution in [1.82, 2.24) is 0 Å². The highest BCUT2D eigenvalue weighted by atomic mass is 32.2. The van der Waals surface area contributed by atoms with E-state index in [-0.39, 0.29) is 5.75 Å². The van der Waals surface area contributed by atoms with Gasteiger partial charge in [0.15, 0.2) is 0 Å². The topological polar surface area (TPSA) is 33.4 Å². The predicted octanol–water partition coefficient (Wildman–Crippen LogP) is 8.71. The van der Waals surface area contributed by atoms with Crippen LogP contribution in [0.4, 0.5) is 13.2 Å². The van der Waals surface area contributed by atoms with Crippen LogP contribution in [0.25, 0.3) is 11.3 Å². The van der Waals surface area contributed by atoms with Crippen LogP contribution in [0.15, 0.2) is 88.2 Å². The first-order valence-electron chi connectivity index (χ1n) is 10.6. The number of rotatable bonds is 8. The van der Waals surface area contributed by atoms with Crippen molar-refractivity contribution >= 4 is 23.5 Å². The fourth-order valence-electron chi connectivity index (χ4n) is 3.39. The van der Waals surface area contributed by atoms with Gasteiger partial charge in [0.05, 0.1) is 11.3 Å². The van der Waals surface area contributed by atoms with Gasteiger partial charge in [-0.1, -0.05) is 42.5 Å². The molecule has 0 aliphatic rings. The third kappa shape index (κ3) is 6.21. The van der Waals surface area contributed by atoms with Crippen molar-refractivity contribution in [2.75, 3.05) is 0 Å². The van der Waals surface area contributed by atoms with E-state index in [9.17, 15) is 18.3 Å². The van der Waals surface area contributed by atoms with E-state index >= 15 is 0 Å². The Labute approximate surface area is 205 Å². The number of aromatic hydroxyl groups is 1. The van der Waals surface area contributed by atoms with Crippen molar-refractivity contribution in [3.05, 3.63) is 107 Å². The van der Waals surface area contributed by atoms with E-state index in [1.807, 2.05) is 43.3 Å². The summed E-state index contributed by atoms with van der Waals surface area (Å²) in [5, 5.41) is 9.77. The third-order valence-electron chi connectivity index (χ3n) is 5.30. The molecule has 0 saturated heterocycles. The number of alkyl halides is 3. The van der Waals surface area contributed by atoms with Crippen LogP contribution in [0, 0.1) is 6.92 Å². The monoisotopic (exact) mass is 500 g/mol. The molecule has 7 heteroatoms. The second-order valence-electron chi connectivity index (χ2n) is 7.85. The second kappa shape index (κ2) is 10.7. The first kappa shape index (κ1) is 24.4. The van der Waals surface area contributed by atoms with Crippen molar-refractivity contribution in [1.29, 1.82) is 0 Å². The molecular formula is C27H23F3O2S2. The lowest BCUT2D eigenvalue weighted by atomic mass is 10.1. The number of aryl methyl sites for hydroxylation is 1. The third-order valence-corrected chi connectivity index (χ3v) is 7.35. The highest BCUT2D eigenvalue weighted by Crippen LogP contribution is 2.36. The first-order chi connectivity index (χ1) is 16.3. The molecule has 1 heterocycles. The molecule has 0 spiro atoms. The van der Waals surface area contributed by atoms with E-state index < -0.39 is 11.7 Å². The maximum atomic E-state index is 12.9. The Morgan fingerprint density at radius 1 is 0.853 bits per heavy atom. The molecule has 3 aromatic carbocycles. The maximum Gasteiger partial charge on any atom is 0.416 e. The van der Waals surface area contributed by atoms with Crippen LogP contribution in [-0.4, -0.2) is 5.11 Å². The largest absolute Gasteiger partial charge is 0.508 e. The minimum Gasteiger partial charge on any atom is -0.508 e. The average molecular weight is 501 g/mol. The molecular weight excluding hydrogens is 477 g/mol. The summed E-state index contributed by atoms with van der Waals surface area (Å²) >= 11 is 3.35. The Morgan fingerprint density at radius 2 is 1.59 bits per heavy atom. The van der Waals surface area contributed by atoms with Gasteiger partial charge < -0.3 is 9.52 Å². The van der Waals surface area contributed by atoms with E-state index in [4.69, 9.17) is 4.42 Å². The normalized spacial score (nSPS) is 11.6. The van der Waals surface area contributed by atoms with E-state index in [1.165, 1.54) is 17.7 Å². The molecule has 4 rings (SSSR count). The van der Waals surface area contributed by atoms with Crippen molar-refractivity contribution < 1.29 is 22.7 Å². The molecule has 0 atom stereocenters. The number of phenols is 1. The Morgan fingerprint density at radius 3 is 2.26 bits per heavy atom. The van der Waals surface area contributed by atoms with E-state index in [0.717, 1.165) is 39.7 Å². The maximum absolute atomic E-state index is 12.9. The van der Waals surface area contributed by atoms with Gasteiger partial charge in [0, 0.05) is 27.5 Å². The molecule has 0 radical (unpaired) electrons. The minimum atomic E-state index is -4.37. The second-order valence-corrected chi connectivity index (χ2v) is 9.88. The van der Waals surface area contributed by atoms with Gasteiger partial charge >= 0.3 is 6.18 Å². The Kier molecular flexibility index (Phi) is 7.63. The molecule has 176 valence electrons. The summed E-state index contributed by atoms with van der Waals surface area (Å²) in [4.78, 5) is 1.02. The molecule has 4 aromatic rings. The molecule has 0 fully saturated rings. The molecule has 34 heavy (non-hydrogen) atoms. The van der Waals surface area contributed by atoms with Crippen molar-refractivity contribution in [2.45, 2.75) is 35.3 Å². The lowest BCUT2D eigenvalue weighted by molar-refractivity contribution is -0.137. The van der Waals surface area contributed by atoms with Crippen LogP contribution in [0.1, 0.15) is 28.0 Å². The van der Waals surface area contributed by atoms with Gasteiger partial charge in [0.25, 0.3) is 0 Å². The van der Waals surface area contributed by atoms with Crippen LogP contribution in [0.2, 0.25) is 0 Å². The SMILES string of the molecule is Cc1cc(SCc2cc(-c3ccc(C(F)(F)F)cc3)oc2CSCc2ccccc2)ccc1O. The van der Waals surface area contributed by atoms with Crippen LogP contribution >= 0.6 is 23.5 Å². The zero-order valence-corrected chi connectivity index (χ0v) is 20.1. The van der Waals surface area contributed by atoms with Gasteiger partial charge in [-0.3, -0.25) is 0 Å². The summed E-state index contributed by atoms with van der Waals surface area (Å²) in [6.45, 7) is 1.85. The summed E-state index contributed by atoms with van der Waals surface area (Å²) in [5.41, 5.74) is 2.96. The van der Waals surface area contributed by atoms with E-state index in [1.54, 1.807) is 29.6 Å². The molecule has 2 nitrogen and oxygen atoms in total. The molecule has 0 bridgehead atoms. The van der Waals surface area contributed by atoms with Crippen LogP contribution in [0.3, 0.4) is 0 Å². The fourth-order valence-corrected chi connectivity index (χ4v) is 5.34.